The van der Waals surface area contributed by atoms with Gasteiger partial charge in [0, 0.05) is 11.8 Å². The number of hydrogen-bond acceptors (Lipinski definition) is 6. The van der Waals surface area contributed by atoms with Crippen LogP contribution in [0.2, 0.25) is 5.02 Å². The van der Waals surface area contributed by atoms with E-state index in [1.54, 1.807) is 20.8 Å². The van der Waals surface area contributed by atoms with Crippen molar-refractivity contribution < 1.29 is 27.5 Å². The molecule has 0 radical (unpaired) electrons. The molecule has 10 heteroatoms. The number of sulfone groups is 1. The number of hydrogen-bond donors (Lipinski definition) is 2. The molecule has 0 saturated carbocycles. The van der Waals surface area contributed by atoms with Gasteiger partial charge in [-0.05, 0) is 45.9 Å². The predicted octanol–water partition coefficient (Wildman–Crippen LogP) is 1.91. The van der Waals surface area contributed by atoms with Gasteiger partial charge in [0.15, 0.2) is 15.9 Å². The van der Waals surface area contributed by atoms with Gasteiger partial charge in [0.05, 0.1) is 15.5 Å². The minimum Gasteiger partial charge on any atom is -0.449 e. The average Bonchev–Trinajstić information content (AvgIpc) is 2.43. The Hall–Kier alpha value is -2.13. The van der Waals surface area contributed by atoms with Crippen LogP contribution in [0.3, 0.4) is 0 Å². The van der Waals surface area contributed by atoms with E-state index in [-0.39, 0.29) is 15.5 Å². The largest absolute Gasteiger partial charge is 0.449 e. The third-order valence-corrected chi connectivity index (χ3v) is 4.52. The van der Waals surface area contributed by atoms with Crippen molar-refractivity contribution in [1.82, 2.24) is 10.6 Å². The van der Waals surface area contributed by atoms with Crippen LogP contribution in [0.1, 0.15) is 38.1 Å². The molecule has 144 valence electrons. The van der Waals surface area contributed by atoms with Gasteiger partial charge in [-0.1, -0.05) is 11.6 Å². The molecular formula is C16H21ClN2O6S. The molecule has 3 amide bonds. The molecule has 0 aliphatic heterocycles. The molecule has 1 atom stereocenters. The summed E-state index contributed by atoms with van der Waals surface area (Å²) in [6.07, 6.45) is -0.321. The molecule has 26 heavy (non-hydrogen) atoms. The lowest BCUT2D eigenvalue weighted by atomic mass is 10.1. The zero-order valence-corrected chi connectivity index (χ0v) is 16.6. The SMILES string of the molecule is CC(OC(=O)c1ccc(Cl)c(S(C)(=O)=O)c1)C(=O)NC(=O)NC(C)(C)C. The Kier molecular flexibility index (Phi) is 6.78. The molecular weight excluding hydrogens is 384 g/mol. The zero-order valence-electron chi connectivity index (χ0n) is 15.0. The van der Waals surface area contributed by atoms with E-state index in [4.69, 9.17) is 16.3 Å². The van der Waals surface area contributed by atoms with Crippen molar-refractivity contribution in [2.24, 2.45) is 0 Å². The van der Waals surface area contributed by atoms with Gasteiger partial charge in [0.2, 0.25) is 0 Å². The second-order valence-electron chi connectivity index (χ2n) is 6.66. The summed E-state index contributed by atoms with van der Waals surface area (Å²) in [5.41, 5.74) is -0.635. The molecule has 2 N–H and O–H groups in total. The number of carbonyl (C=O) groups is 3. The zero-order chi connectivity index (χ0) is 20.3. The minimum atomic E-state index is -3.64. The molecule has 0 bridgehead atoms. The molecule has 0 aliphatic carbocycles. The van der Waals surface area contributed by atoms with E-state index in [1.807, 2.05) is 0 Å². The molecule has 0 fully saturated rings. The van der Waals surface area contributed by atoms with Gasteiger partial charge in [-0.25, -0.2) is 18.0 Å². The summed E-state index contributed by atoms with van der Waals surface area (Å²) in [7, 11) is -3.64. The van der Waals surface area contributed by atoms with Crippen LogP contribution in [-0.2, 0) is 19.4 Å². The Morgan fingerprint density at radius 1 is 1.19 bits per heavy atom. The highest BCUT2D eigenvalue weighted by molar-refractivity contribution is 7.90. The quantitative estimate of drug-likeness (QED) is 0.740. The lowest BCUT2D eigenvalue weighted by molar-refractivity contribution is -0.127. The summed E-state index contributed by atoms with van der Waals surface area (Å²) in [5, 5.41) is 4.55. The van der Waals surface area contributed by atoms with E-state index >= 15 is 0 Å². The van der Waals surface area contributed by atoms with Gasteiger partial charge in [0.1, 0.15) is 0 Å². The normalized spacial score (nSPS) is 12.8. The molecule has 1 aromatic rings. The fourth-order valence-electron chi connectivity index (χ4n) is 1.78. The van der Waals surface area contributed by atoms with Gasteiger partial charge in [-0.3, -0.25) is 10.1 Å². The maximum Gasteiger partial charge on any atom is 0.338 e. The van der Waals surface area contributed by atoms with Gasteiger partial charge in [0.25, 0.3) is 5.91 Å². The third-order valence-electron chi connectivity index (χ3n) is 2.94. The Morgan fingerprint density at radius 3 is 2.27 bits per heavy atom. The standard InChI is InChI=1S/C16H21ClN2O6S/c1-9(13(20)18-15(22)19-16(2,3)4)25-14(21)10-6-7-11(17)12(8-10)26(5,23)24/h6-9H,1-5H3,(H2,18,19,20,22). The highest BCUT2D eigenvalue weighted by Crippen LogP contribution is 2.23. The number of rotatable bonds is 4. The number of halogens is 1. The maximum atomic E-state index is 12.1. The Morgan fingerprint density at radius 2 is 1.77 bits per heavy atom. The fourth-order valence-corrected chi connectivity index (χ4v) is 3.08. The van der Waals surface area contributed by atoms with Crippen molar-refractivity contribution in [1.29, 1.82) is 0 Å². The summed E-state index contributed by atoms with van der Waals surface area (Å²) in [6, 6.07) is 2.86. The van der Waals surface area contributed by atoms with E-state index in [2.05, 4.69) is 10.6 Å². The molecule has 0 aliphatic rings. The first-order chi connectivity index (χ1) is 11.7. The van der Waals surface area contributed by atoms with E-state index < -0.39 is 39.4 Å². The van der Waals surface area contributed by atoms with Crippen LogP contribution in [0.5, 0.6) is 0 Å². The topological polar surface area (TPSA) is 119 Å². The lowest BCUT2D eigenvalue weighted by Gasteiger charge is -2.21. The van der Waals surface area contributed by atoms with Crippen molar-refractivity contribution in [3.05, 3.63) is 28.8 Å². The van der Waals surface area contributed by atoms with Gasteiger partial charge < -0.3 is 10.1 Å². The van der Waals surface area contributed by atoms with Crippen LogP contribution >= 0.6 is 11.6 Å². The van der Waals surface area contributed by atoms with Crippen LogP contribution in [0, 0.1) is 0 Å². The van der Waals surface area contributed by atoms with Crippen LogP contribution in [0.4, 0.5) is 4.79 Å². The smallest absolute Gasteiger partial charge is 0.338 e. The van der Waals surface area contributed by atoms with E-state index in [0.717, 1.165) is 12.3 Å². The number of benzene rings is 1. The summed E-state index contributed by atoms with van der Waals surface area (Å²) >= 11 is 5.81. The summed E-state index contributed by atoms with van der Waals surface area (Å²) < 4.78 is 28.3. The van der Waals surface area contributed by atoms with Crippen LogP contribution in [-0.4, -0.2) is 44.2 Å². The monoisotopic (exact) mass is 404 g/mol. The average molecular weight is 405 g/mol. The van der Waals surface area contributed by atoms with Crippen molar-refractivity contribution in [3.63, 3.8) is 0 Å². The number of urea groups is 1. The molecule has 0 heterocycles. The van der Waals surface area contributed by atoms with E-state index in [1.165, 1.54) is 19.1 Å². The van der Waals surface area contributed by atoms with Crippen LogP contribution in [0.25, 0.3) is 0 Å². The molecule has 0 aromatic heterocycles. The second-order valence-corrected chi connectivity index (χ2v) is 9.05. The van der Waals surface area contributed by atoms with Gasteiger partial charge in [-0.2, -0.15) is 0 Å². The summed E-state index contributed by atoms with van der Waals surface area (Å²) in [5.74, 6) is -1.75. The van der Waals surface area contributed by atoms with Crippen molar-refractivity contribution >= 4 is 39.3 Å². The number of nitrogens with one attached hydrogen (secondary N) is 2. The molecule has 0 saturated heterocycles. The molecule has 8 nitrogen and oxygen atoms in total. The maximum absolute atomic E-state index is 12.1. The predicted molar refractivity (Wildman–Crippen MR) is 95.9 cm³/mol. The third kappa shape index (κ3) is 6.64. The molecule has 0 spiro atoms. The highest BCUT2D eigenvalue weighted by Gasteiger charge is 2.24. The second kappa shape index (κ2) is 8.05. The molecule has 1 unspecified atom stereocenters. The minimum absolute atomic E-state index is 0.0336. The number of amides is 3. The number of imide groups is 1. The summed E-state index contributed by atoms with van der Waals surface area (Å²) in [6.45, 7) is 6.49. The van der Waals surface area contributed by atoms with Gasteiger partial charge in [-0.15, -0.1) is 0 Å². The number of carbonyl (C=O) groups excluding carboxylic acids is 3. The first-order valence-electron chi connectivity index (χ1n) is 7.54. The van der Waals surface area contributed by atoms with Crippen LogP contribution < -0.4 is 10.6 Å². The Balaban J connectivity index is 2.81. The van der Waals surface area contributed by atoms with Crippen LogP contribution in [0.15, 0.2) is 23.1 Å². The Bertz CT molecular complexity index is 830. The van der Waals surface area contributed by atoms with E-state index in [0.29, 0.717) is 0 Å². The lowest BCUT2D eigenvalue weighted by Crippen LogP contribution is -2.50. The summed E-state index contributed by atoms with van der Waals surface area (Å²) in [4.78, 5) is 35.5. The Labute approximate surface area is 157 Å². The molecule has 1 rings (SSSR count). The number of ether oxygens (including phenoxy) is 1. The highest BCUT2D eigenvalue weighted by atomic mass is 35.5. The van der Waals surface area contributed by atoms with Crippen molar-refractivity contribution in [2.75, 3.05) is 6.26 Å². The molecule has 1 aromatic carbocycles. The number of esters is 1. The van der Waals surface area contributed by atoms with E-state index in [9.17, 15) is 22.8 Å². The first-order valence-corrected chi connectivity index (χ1v) is 9.81. The van der Waals surface area contributed by atoms with Crippen molar-refractivity contribution in [3.8, 4) is 0 Å². The first kappa shape index (κ1) is 21.9. The fraction of sp³-hybridized carbons (Fsp3) is 0.438. The van der Waals surface area contributed by atoms with Crippen molar-refractivity contribution in [2.45, 2.75) is 44.2 Å². The van der Waals surface area contributed by atoms with Gasteiger partial charge >= 0.3 is 12.0 Å².